The van der Waals surface area contributed by atoms with E-state index in [1.54, 1.807) is 12.1 Å². The maximum absolute atomic E-state index is 10.5. The van der Waals surface area contributed by atoms with E-state index in [1.807, 2.05) is 0 Å². The third kappa shape index (κ3) is 6.64. The van der Waals surface area contributed by atoms with Crippen LogP contribution in [0.1, 0.15) is 31.2 Å². The maximum Gasteiger partial charge on any atom is 0.511 e. The topological polar surface area (TPSA) is 66.8 Å². The van der Waals surface area contributed by atoms with Crippen molar-refractivity contribution in [3.8, 4) is 11.5 Å². The number of hydrogen-bond donors (Lipinski definition) is 2. The molecular formula is C13H16I2O4. The highest BCUT2D eigenvalue weighted by molar-refractivity contribution is 14.2. The Bertz CT molecular complexity index is 421. The van der Waals surface area contributed by atoms with Gasteiger partial charge in [-0.05, 0) is 30.9 Å². The lowest BCUT2D eigenvalue weighted by atomic mass is 10.1. The number of phenols is 1. The first-order valence-electron chi connectivity index (χ1n) is 6.00. The number of para-hydroxylation sites is 1. The zero-order chi connectivity index (χ0) is 14.3. The molecule has 0 unspecified atom stereocenters. The molecule has 0 aromatic heterocycles. The minimum Gasteiger partial charge on any atom is -0.504 e. The van der Waals surface area contributed by atoms with Gasteiger partial charge in [0.1, 0.15) is 0 Å². The van der Waals surface area contributed by atoms with Crippen molar-refractivity contribution >= 4 is 51.3 Å². The highest BCUT2D eigenvalue weighted by atomic mass is 127. The third-order valence-electron chi connectivity index (χ3n) is 2.65. The lowest BCUT2D eigenvalue weighted by Gasteiger charge is -2.08. The molecule has 0 radical (unpaired) electrons. The van der Waals surface area contributed by atoms with E-state index >= 15 is 0 Å². The van der Waals surface area contributed by atoms with Gasteiger partial charge in [0.15, 0.2) is 11.5 Å². The van der Waals surface area contributed by atoms with E-state index in [0.717, 1.165) is 24.8 Å². The average molecular weight is 490 g/mol. The second-order valence-electron chi connectivity index (χ2n) is 4.12. The summed E-state index contributed by atoms with van der Waals surface area (Å²) in [5.41, 5.74) is 0.735. The quantitative estimate of drug-likeness (QED) is 0.191. The molecule has 0 aliphatic rings. The zero-order valence-electron chi connectivity index (χ0n) is 10.3. The normalized spacial score (nSPS) is 10.7. The zero-order valence-corrected chi connectivity index (χ0v) is 14.6. The van der Waals surface area contributed by atoms with Crippen LogP contribution in [-0.4, -0.2) is 18.3 Å². The second kappa shape index (κ2) is 8.83. The fraction of sp³-hybridized carbons (Fsp3) is 0.462. The summed E-state index contributed by atoms with van der Waals surface area (Å²) in [5, 5.41) is 18.4. The fourth-order valence-electron chi connectivity index (χ4n) is 1.74. The summed E-state index contributed by atoms with van der Waals surface area (Å²) >= 11 is 4.80. The van der Waals surface area contributed by atoms with Crippen LogP contribution in [-0.2, 0) is 6.42 Å². The molecule has 1 rings (SSSR count). The number of ether oxygens (including phenoxy) is 1. The molecule has 1 aromatic rings. The van der Waals surface area contributed by atoms with Crippen molar-refractivity contribution in [1.29, 1.82) is 0 Å². The molecular weight excluding hydrogens is 474 g/mol. The van der Waals surface area contributed by atoms with Crippen LogP contribution in [0.4, 0.5) is 4.79 Å². The summed E-state index contributed by atoms with van der Waals surface area (Å²) in [6.07, 6.45) is 3.76. The summed E-state index contributed by atoms with van der Waals surface area (Å²) < 4.78 is 5.17. The highest BCUT2D eigenvalue weighted by Gasteiger charge is 2.10. The lowest BCUT2D eigenvalue weighted by Crippen LogP contribution is -2.03. The third-order valence-corrected chi connectivity index (χ3v) is 3.89. The van der Waals surface area contributed by atoms with Crippen molar-refractivity contribution in [2.75, 3.05) is 0 Å². The van der Waals surface area contributed by atoms with Crippen LogP contribution in [0.25, 0.3) is 0 Å². The summed E-state index contributed by atoms with van der Waals surface area (Å²) in [4.78, 5) is 10.5. The molecule has 19 heavy (non-hydrogen) atoms. The summed E-state index contributed by atoms with van der Waals surface area (Å²) in [5.74, 6) is -0.0600. The van der Waals surface area contributed by atoms with Crippen molar-refractivity contribution < 1.29 is 19.7 Å². The van der Waals surface area contributed by atoms with Gasteiger partial charge in [0.2, 0.25) is 0 Å². The summed E-state index contributed by atoms with van der Waals surface area (Å²) in [7, 11) is 0. The van der Waals surface area contributed by atoms with Gasteiger partial charge in [-0.3, -0.25) is 0 Å². The van der Waals surface area contributed by atoms with E-state index in [-0.39, 0.29) is 11.5 Å². The molecule has 2 N–H and O–H groups in total. The first-order chi connectivity index (χ1) is 9.00. The number of halogens is 2. The molecule has 0 atom stereocenters. The highest BCUT2D eigenvalue weighted by Crippen LogP contribution is 2.31. The second-order valence-corrected chi connectivity index (χ2v) is 9.51. The molecule has 0 aliphatic heterocycles. The molecule has 0 heterocycles. The number of phenolic OH excluding ortho intramolecular Hbond substituents is 1. The minimum atomic E-state index is -1.41. The van der Waals surface area contributed by atoms with E-state index in [9.17, 15) is 9.90 Å². The number of carbonyl (C=O) groups is 1. The molecule has 0 saturated carbocycles. The average Bonchev–Trinajstić information content (AvgIpc) is 2.32. The van der Waals surface area contributed by atoms with E-state index in [0.29, 0.717) is 1.93 Å². The van der Waals surface area contributed by atoms with Gasteiger partial charge < -0.3 is 14.9 Å². The van der Waals surface area contributed by atoms with E-state index in [1.165, 1.54) is 18.9 Å². The van der Waals surface area contributed by atoms with Gasteiger partial charge in [-0.15, -0.1) is 0 Å². The van der Waals surface area contributed by atoms with E-state index in [4.69, 9.17) is 5.11 Å². The Labute approximate surface area is 139 Å². The number of carboxylic acid groups (broad SMARTS) is 1. The number of unbranched alkanes of at least 4 members (excludes halogenated alkanes) is 2. The molecule has 0 spiro atoms. The van der Waals surface area contributed by atoms with E-state index in [2.05, 4.69) is 49.9 Å². The van der Waals surface area contributed by atoms with Gasteiger partial charge in [-0.1, -0.05) is 70.2 Å². The van der Waals surface area contributed by atoms with Crippen molar-refractivity contribution in [3.05, 3.63) is 23.8 Å². The van der Waals surface area contributed by atoms with Crippen LogP contribution >= 0.6 is 45.2 Å². The van der Waals surface area contributed by atoms with Crippen molar-refractivity contribution in [3.63, 3.8) is 0 Å². The Hall–Kier alpha value is -0.250. The molecule has 0 bridgehead atoms. The molecule has 6 heteroatoms. The van der Waals surface area contributed by atoms with Crippen LogP contribution in [0.2, 0.25) is 0 Å². The smallest absolute Gasteiger partial charge is 0.504 e. The summed E-state index contributed by atoms with van der Waals surface area (Å²) in [6, 6.07) is 4.94. The fourth-order valence-corrected chi connectivity index (χ4v) is 2.62. The van der Waals surface area contributed by atoms with Gasteiger partial charge in [0, 0.05) is 0 Å². The van der Waals surface area contributed by atoms with Crippen LogP contribution in [0, 0.1) is 0 Å². The van der Waals surface area contributed by atoms with E-state index < -0.39 is 6.16 Å². The van der Waals surface area contributed by atoms with Gasteiger partial charge in [0.25, 0.3) is 0 Å². The molecule has 106 valence electrons. The predicted molar refractivity (Wildman–Crippen MR) is 90.8 cm³/mol. The van der Waals surface area contributed by atoms with Crippen LogP contribution in [0.3, 0.4) is 0 Å². The first-order valence-corrected chi connectivity index (χ1v) is 8.49. The molecule has 0 amide bonds. The number of aryl methyl sites for hydroxylation is 1. The van der Waals surface area contributed by atoms with Crippen LogP contribution in [0.15, 0.2) is 18.2 Å². The number of rotatable bonds is 7. The Morgan fingerprint density at radius 3 is 2.63 bits per heavy atom. The molecule has 0 aliphatic carbocycles. The molecule has 0 saturated heterocycles. The summed E-state index contributed by atoms with van der Waals surface area (Å²) in [6.45, 7) is 0. The Morgan fingerprint density at radius 2 is 2.00 bits per heavy atom. The van der Waals surface area contributed by atoms with Crippen LogP contribution < -0.4 is 4.74 Å². The van der Waals surface area contributed by atoms with Gasteiger partial charge >= 0.3 is 6.16 Å². The number of aromatic hydroxyl groups is 1. The predicted octanol–water partition coefficient (Wildman–Crippen LogP) is 4.75. The van der Waals surface area contributed by atoms with Crippen molar-refractivity contribution in [1.82, 2.24) is 0 Å². The van der Waals surface area contributed by atoms with Crippen molar-refractivity contribution in [2.24, 2.45) is 0 Å². The Kier molecular flexibility index (Phi) is 7.81. The molecule has 4 nitrogen and oxygen atoms in total. The van der Waals surface area contributed by atoms with Gasteiger partial charge in [-0.25, -0.2) is 4.79 Å². The van der Waals surface area contributed by atoms with Gasteiger partial charge in [0.05, 0.1) is 1.93 Å². The standard InChI is InChI=1S/C13H16I2O4/c14-11(15)8-3-1-2-5-9-6-4-7-10(12(9)16)19-13(17)18/h4,6-7,11,16H,1-3,5,8H2,(H,17,18). The molecule has 0 fully saturated rings. The molecule has 1 aromatic carbocycles. The largest absolute Gasteiger partial charge is 0.511 e. The Morgan fingerprint density at radius 1 is 1.26 bits per heavy atom. The number of hydrogen-bond acceptors (Lipinski definition) is 3. The SMILES string of the molecule is O=C(O)Oc1cccc(CCCCCC(I)I)c1O. The van der Waals surface area contributed by atoms with Crippen LogP contribution in [0.5, 0.6) is 11.5 Å². The first kappa shape index (κ1) is 16.8. The van der Waals surface area contributed by atoms with Gasteiger partial charge in [-0.2, -0.15) is 0 Å². The monoisotopic (exact) mass is 490 g/mol. The number of benzene rings is 1. The van der Waals surface area contributed by atoms with Crippen molar-refractivity contribution in [2.45, 2.75) is 34.0 Å². The lowest BCUT2D eigenvalue weighted by molar-refractivity contribution is 0.143. The number of alkyl halides is 2. The maximum atomic E-state index is 10.5. The Balaban J connectivity index is 2.47. The minimum absolute atomic E-state index is 0.00425.